The number of aromatic nitrogens is 3. The van der Waals surface area contributed by atoms with Gasteiger partial charge in [-0.1, -0.05) is 0 Å². The van der Waals surface area contributed by atoms with Crippen LogP contribution in [0.4, 0.5) is 0 Å². The van der Waals surface area contributed by atoms with Gasteiger partial charge in [-0.15, -0.1) is 0 Å². The highest BCUT2D eigenvalue weighted by Crippen LogP contribution is 2.25. The van der Waals surface area contributed by atoms with Gasteiger partial charge in [0.15, 0.2) is 11.6 Å². The van der Waals surface area contributed by atoms with E-state index < -0.39 is 11.2 Å². The van der Waals surface area contributed by atoms with Crippen molar-refractivity contribution in [3.63, 3.8) is 0 Å². The van der Waals surface area contributed by atoms with E-state index in [0.717, 1.165) is 0 Å². The zero-order chi connectivity index (χ0) is 12.6. The zero-order valence-corrected chi connectivity index (χ0v) is 11.2. The molecule has 1 unspecified atom stereocenters. The van der Waals surface area contributed by atoms with Crippen LogP contribution in [0.1, 0.15) is 31.9 Å². The van der Waals surface area contributed by atoms with E-state index in [0.29, 0.717) is 28.9 Å². The quantitative estimate of drug-likeness (QED) is 0.736. The predicted octanol–water partition coefficient (Wildman–Crippen LogP) is 0.885. The van der Waals surface area contributed by atoms with Crippen LogP contribution in [0.2, 0.25) is 0 Å². The molecule has 0 saturated heterocycles. The summed E-state index contributed by atoms with van der Waals surface area (Å²) in [6, 6.07) is 0. The molecule has 94 valence electrons. The Labute approximate surface area is 103 Å². The van der Waals surface area contributed by atoms with Gasteiger partial charge in [0.2, 0.25) is 0 Å². The van der Waals surface area contributed by atoms with Gasteiger partial charge in [-0.05, 0) is 25.9 Å². The molecule has 0 N–H and O–H groups in total. The summed E-state index contributed by atoms with van der Waals surface area (Å²) in [5, 5.41) is 8.59. The van der Waals surface area contributed by atoms with Crippen LogP contribution in [-0.4, -0.2) is 30.0 Å². The molecule has 0 fully saturated rings. The maximum atomic E-state index is 12.1. The predicted molar refractivity (Wildman–Crippen MR) is 64.8 cm³/mol. The van der Waals surface area contributed by atoms with Crippen LogP contribution < -0.4 is 0 Å². The van der Waals surface area contributed by atoms with Crippen LogP contribution in [0.5, 0.6) is 0 Å². The second-order valence-corrected chi connectivity index (χ2v) is 6.15. The van der Waals surface area contributed by atoms with Crippen LogP contribution >= 0.6 is 0 Å². The first kappa shape index (κ1) is 12.4. The molecule has 1 atom stereocenters. The fourth-order valence-corrected chi connectivity index (χ4v) is 2.89. The highest BCUT2D eigenvalue weighted by atomic mass is 32.2. The van der Waals surface area contributed by atoms with E-state index in [-0.39, 0.29) is 5.60 Å². The lowest BCUT2D eigenvalue weighted by molar-refractivity contribution is 0.0123. The van der Waals surface area contributed by atoms with E-state index in [1.54, 1.807) is 11.7 Å². The van der Waals surface area contributed by atoms with Crippen molar-refractivity contribution in [2.24, 2.45) is 12.2 Å². The normalized spacial score (nSPS) is 19.9. The molecular weight excluding hydrogens is 240 g/mol. The van der Waals surface area contributed by atoms with Gasteiger partial charge in [0.25, 0.3) is 5.04 Å². The molecule has 0 amide bonds. The Morgan fingerprint density at radius 2 is 2.24 bits per heavy atom. The first-order valence-corrected chi connectivity index (χ1v) is 6.69. The summed E-state index contributed by atoms with van der Waals surface area (Å²) in [4.78, 5) is 9.42. The van der Waals surface area contributed by atoms with Crippen LogP contribution in [0.25, 0.3) is 0 Å². The number of nitrogens with zero attached hydrogens (tertiary/aromatic N) is 4. The first-order chi connectivity index (χ1) is 7.87. The Morgan fingerprint density at radius 3 is 2.71 bits per heavy atom. The van der Waals surface area contributed by atoms with Gasteiger partial charge in [-0.25, -0.2) is 9.67 Å². The summed E-state index contributed by atoms with van der Waals surface area (Å²) in [5.41, 5.74) is -0.346. The molecule has 2 heterocycles. The number of hydrogen-bond donors (Lipinski definition) is 0. The van der Waals surface area contributed by atoms with E-state index in [1.165, 1.54) is 0 Å². The molecule has 1 aliphatic rings. The zero-order valence-electron chi connectivity index (χ0n) is 10.4. The summed E-state index contributed by atoms with van der Waals surface area (Å²) in [7, 11) is 1.80. The molecule has 1 aromatic rings. The highest BCUT2D eigenvalue weighted by Gasteiger charge is 2.36. The smallest absolute Gasteiger partial charge is 0.259 e. The van der Waals surface area contributed by atoms with E-state index in [9.17, 15) is 4.55 Å². The minimum atomic E-state index is -1.19. The number of rotatable bonds is 2. The lowest BCUT2D eigenvalue weighted by Crippen LogP contribution is -2.24. The van der Waals surface area contributed by atoms with Gasteiger partial charge in [0, 0.05) is 18.2 Å². The maximum absolute atomic E-state index is 12.1. The summed E-state index contributed by atoms with van der Waals surface area (Å²) < 4.78 is 13.7. The van der Waals surface area contributed by atoms with Crippen molar-refractivity contribution in [1.29, 1.82) is 0 Å². The van der Waals surface area contributed by atoms with Gasteiger partial charge in [0.1, 0.15) is 11.4 Å². The van der Waals surface area contributed by atoms with Crippen LogP contribution in [-0.2, 0) is 28.8 Å². The van der Waals surface area contributed by atoms with Gasteiger partial charge in [0.05, 0.1) is 6.42 Å². The number of hydrogen-bond acceptors (Lipinski definition) is 5. The molecule has 0 radical (unpaired) electrons. The molecular formula is C10H16N4O2S. The third-order valence-electron chi connectivity index (χ3n) is 2.45. The fourth-order valence-electron chi connectivity index (χ4n) is 1.61. The van der Waals surface area contributed by atoms with E-state index >= 15 is 0 Å². The summed E-state index contributed by atoms with van der Waals surface area (Å²) >= 11 is -1.19. The van der Waals surface area contributed by atoms with Crippen LogP contribution in [0.15, 0.2) is 5.16 Å². The van der Waals surface area contributed by atoms with Crippen molar-refractivity contribution in [2.45, 2.75) is 38.5 Å². The minimum Gasteiger partial charge on any atom is -0.610 e. The van der Waals surface area contributed by atoms with Gasteiger partial charge in [-0.3, -0.25) is 0 Å². The highest BCUT2D eigenvalue weighted by molar-refractivity contribution is 8.05. The van der Waals surface area contributed by atoms with Gasteiger partial charge in [-0.2, -0.15) is 5.10 Å². The third kappa shape index (κ3) is 2.78. The molecule has 2 rings (SSSR count). The van der Waals surface area contributed by atoms with Crippen molar-refractivity contribution in [1.82, 2.24) is 14.8 Å². The second kappa shape index (κ2) is 4.30. The topological polar surface area (TPSA) is 75.4 Å². The maximum Gasteiger partial charge on any atom is 0.259 e. The molecule has 1 aromatic heterocycles. The minimum absolute atomic E-state index is 0.329. The Balaban J connectivity index is 2.03. The van der Waals surface area contributed by atoms with Crippen molar-refractivity contribution < 1.29 is 9.39 Å². The van der Waals surface area contributed by atoms with E-state index in [1.807, 2.05) is 20.8 Å². The largest absolute Gasteiger partial charge is 0.610 e. The van der Waals surface area contributed by atoms with E-state index in [4.69, 9.17) is 4.84 Å². The van der Waals surface area contributed by atoms with Crippen LogP contribution in [0, 0.1) is 6.92 Å². The molecule has 0 aliphatic carbocycles. The number of oxime groups is 1. The SMILES string of the molecule is Cc1nc(C[S+]([O-])C2=NOC(C)(C)C2)n(C)n1. The first-order valence-electron chi connectivity index (χ1n) is 5.37. The Kier molecular flexibility index (Phi) is 3.13. The van der Waals surface area contributed by atoms with E-state index in [2.05, 4.69) is 15.2 Å². The lowest BCUT2D eigenvalue weighted by atomic mass is 10.1. The molecule has 0 bridgehead atoms. The lowest BCUT2D eigenvalue weighted by Gasteiger charge is -2.13. The second-order valence-electron chi connectivity index (χ2n) is 4.70. The molecule has 0 saturated carbocycles. The standard InChI is InChI=1S/C10H16N4O2S/c1-7-11-8(14(4)12-7)6-17(15)9-5-10(2,3)16-13-9/h5-6H2,1-4H3. The molecule has 0 spiro atoms. The molecule has 7 heteroatoms. The van der Waals surface area contributed by atoms with Crippen molar-refractivity contribution in [3.8, 4) is 0 Å². The molecule has 6 nitrogen and oxygen atoms in total. The number of aryl methyl sites for hydroxylation is 2. The Morgan fingerprint density at radius 1 is 1.53 bits per heavy atom. The summed E-state index contributed by atoms with van der Waals surface area (Å²) in [6.07, 6.45) is 0.594. The Bertz CT molecular complexity index is 455. The monoisotopic (exact) mass is 256 g/mol. The third-order valence-corrected chi connectivity index (χ3v) is 3.72. The molecule has 17 heavy (non-hydrogen) atoms. The van der Waals surface area contributed by atoms with Crippen molar-refractivity contribution in [2.75, 3.05) is 0 Å². The van der Waals surface area contributed by atoms with Gasteiger partial charge < -0.3 is 9.39 Å². The van der Waals surface area contributed by atoms with Crippen molar-refractivity contribution >= 4 is 16.2 Å². The molecule has 0 aromatic carbocycles. The van der Waals surface area contributed by atoms with Crippen molar-refractivity contribution in [3.05, 3.63) is 11.6 Å². The average Bonchev–Trinajstić information content (AvgIpc) is 2.70. The summed E-state index contributed by atoms with van der Waals surface area (Å²) in [5.74, 6) is 1.72. The average molecular weight is 256 g/mol. The van der Waals surface area contributed by atoms with Gasteiger partial charge >= 0.3 is 0 Å². The van der Waals surface area contributed by atoms with Crippen LogP contribution in [0.3, 0.4) is 0 Å². The molecule has 1 aliphatic heterocycles. The fraction of sp³-hybridized carbons (Fsp3) is 0.700. The Hall–Kier alpha value is -1.08. The summed E-state index contributed by atoms with van der Waals surface area (Å²) in [6.45, 7) is 5.66.